The van der Waals surface area contributed by atoms with Crippen LogP contribution in [0.5, 0.6) is 0 Å². The van der Waals surface area contributed by atoms with E-state index in [9.17, 15) is 5.11 Å². The molecular formula is C7Cl15O. The van der Waals surface area contributed by atoms with Gasteiger partial charge in [-0.05, 0) is 0 Å². The molecule has 0 amide bonds. The number of hydrogen-bond acceptors (Lipinski definition) is 0. The van der Waals surface area contributed by atoms with E-state index in [1.165, 1.54) is 0 Å². The second-order valence-corrected chi connectivity index (χ2v) is 14.3. The molecule has 0 aromatic rings. The van der Waals surface area contributed by atoms with Crippen LogP contribution in [0, 0.1) is 0 Å². The fraction of sp³-hybridized carbons (Fsp3) is 1.00. The Morgan fingerprint density at radius 1 is 0.391 bits per heavy atom. The van der Waals surface area contributed by atoms with Gasteiger partial charge in [0.25, 0.3) is 4.52 Å². The van der Waals surface area contributed by atoms with E-state index in [1.54, 1.807) is 0 Å². The molecule has 0 aromatic carbocycles. The highest BCUT2D eigenvalue weighted by Crippen LogP contribution is 2.71. The molecule has 0 bridgehead atoms. The standard InChI is InChI=1S/C7Cl15O/c8-1(5(15,16)17,6(18,19)20)2(9,10)3(11,12)4(13,14)7(21,22)23. The van der Waals surface area contributed by atoms with Gasteiger partial charge in [-0.1, -0.05) is 162 Å². The smallest absolute Gasteiger partial charge is 0.190 e. The summed E-state index contributed by atoms with van der Waals surface area (Å²) in [6.07, 6.45) is 0. The number of rotatable bonds is 4. The van der Waals surface area contributed by atoms with Crippen LogP contribution in [0.3, 0.4) is 0 Å². The van der Waals surface area contributed by atoms with Crippen molar-refractivity contribution in [2.75, 3.05) is 0 Å². The van der Waals surface area contributed by atoms with Crippen LogP contribution in [0.2, 0.25) is 0 Å². The molecule has 0 aliphatic heterocycles. The van der Waals surface area contributed by atoms with Gasteiger partial charge in [-0.25, -0.2) is 0 Å². The zero-order chi connectivity index (χ0) is 19.5. The Morgan fingerprint density at radius 3 is 0.826 bits per heavy atom. The molecule has 1 nitrogen and oxygen atoms in total. The van der Waals surface area contributed by atoms with Crippen LogP contribution >= 0.6 is 174 Å². The van der Waals surface area contributed by atoms with Crippen LogP contribution in [0.25, 0.3) is 0 Å². The quantitative estimate of drug-likeness (QED) is 0.277. The predicted molar refractivity (Wildman–Crippen MR) is 108 cm³/mol. The van der Waals surface area contributed by atoms with Gasteiger partial charge >= 0.3 is 0 Å². The molecule has 0 N–H and O–H groups in total. The summed E-state index contributed by atoms with van der Waals surface area (Å²) in [7, 11) is 0. The van der Waals surface area contributed by atoms with Crippen molar-refractivity contribution in [2.45, 2.75) is 30.0 Å². The molecule has 0 unspecified atom stereocenters. The molecule has 0 spiro atoms. The van der Waals surface area contributed by atoms with Crippen LogP contribution in [0.1, 0.15) is 0 Å². The first-order valence-corrected chi connectivity index (χ1v) is 10.2. The lowest BCUT2D eigenvalue weighted by Crippen LogP contribution is -2.71. The molecule has 0 aliphatic carbocycles. The largest absolute Gasteiger partial charge is 0.286 e. The van der Waals surface area contributed by atoms with Gasteiger partial charge in [-0.3, -0.25) is 0 Å². The summed E-state index contributed by atoms with van der Waals surface area (Å²) in [5.74, 6) is 0. The van der Waals surface area contributed by atoms with Gasteiger partial charge < -0.3 is 0 Å². The average Bonchev–Trinajstić information content (AvgIpc) is 2.22. The Hall–Kier alpha value is 4.31. The summed E-state index contributed by atoms with van der Waals surface area (Å²) in [4.78, 5) is -2.91. The lowest BCUT2D eigenvalue weighted by atomic mass is 10.0. The van der Waals surface area contributed by atoms with Crippen molar-refractivity contribution >= 4 is 174 Å². The molecule has 0 fully saturated rings. The highest BCUT2D eigenvalue weighted by molar-refractivity contribution is 6.82. The Kier molecular flexibility index (Phi) is 9.33. The normalized spacial score (nSPS) is 16.7. The van der Waals surface area contributed by atoms with Gasteiger partial charge in [-0.15, -0.1) is 11.6 Å². The van der Waals surface area contributed by atoms with E-state index >= 15 is 0 Å². The van der Waals surface area contributed by atoms with Gasteiger partial charge in [0.05, 0.1) is 0 Å². The zero-order valence-electron chi connectivity index (χ0n) is 9.58. The summed E-state index contributed by atoms with van der Waals surface area (Å²) < 4.78 is -17.8. The van der Waals surface area contributed by atoms with Crippen LogP contribution in [-0.4, -0.2) is 30.0 Å². The minimum absolute atomic E-state index is 2.73. The van der Waals surface area contributed by atoms with Crippen molar-refractivity contribution in [1.29, 1.82) is 0 Å². The SMILES string of the molecule is [O]C(Cl)(Cl)C(Cl)(Cl)C(Cl)(Cl)C(Cl)(Cl)C(Cl)(C(Cl)(Cl)Cl)C(Cl)(Cl)Cl. The van der Waals surface area contributed by atoms with Crippen LogP contribution < -0.4 is 0 Å². The summed E-state index contributed by atoms with van der Waals surface area (Å²) in [6.45, 7) is 0. The maximum Gasteiger partial charge on any atom is 0.286 e. The molecule has 1 radical (unpaired) electrons. The van der Waals surface area contributed by atoms with Crippen LogP contribution in [-0.2, 0) is 5.11 Å². The van der Waals surface area contributed by atoms with Crippen LogP contribution in [0.15, 0.2) is 0 Å². The average molecular weight is 632 g/mol. The molecule has 0 saturated heterocycles. The number of alkyl halides is 15. The van der Waals surface area contributed by atoms with Crippen molar-refractivity contribution in [3.05, 3.63) is 0 Å². The van der Waals surface area contributed by atoms with Gasteiger partial charge in [-0.2, -0.15) is 5.11 Å². The van der Waals surface area contributed by atoms with Crippen LogP contribution in [0.4, 0.5) is 0 Å². The predicted octanol–water partition coefficient (Wildman–Crippen LogP) is 8.79. The summed E-state index contributed by atoms with van der Waals surface area (Å²) in [6, 6.07) is 0. The highest BCUT2D eigenvalue weighted by Gasteiger charge is 2.81. The second kappa shape index (κ2) is 7.86. The monoisotopic (exact) mass is 625 g/mol. The molecule has 0 aromatic heterocycles. The molecule has 0 aliphatic rings. The Bertz CT molecular complexity index is 422. The molecule has 0 rings (SSSR count). The topological polar surface area (TPSA) is 19.9 Å². The van der Waals surface area contributed by atoms with E-state index in [0.717, 1.165) is 0 Å². The minimum atomic E-state index is -3.27. The first-order chi connectivity index (χ1) is 9.50. The van der Waals surface area contributed by atoms with Gasteiger partial charge in [0.2, 0.25) is 11.9 Å². The minimum Gasteiger partial charge on any atom is -0.190 e. The Morgan fingerprint density at radius 2 is 0.652 bits per heavy atom. The summed E-state index contributed by atoms with van der Waals surface area (Å²) >= 11 is 86.4. The van der Waals surface area contributed by atoms with Gasteiger partial charge in [0, 0.05) is 0 Å². The third kappa shape index (κ3) is 4.57. The molecule has 16 heteroatoms. The zero-order valence-corrected chi connectivity index (χ0v) is 20.9. The third-order valence-electron chi connectivity index (χ3n) is 2.37. The van der Waals surface area contributed by atoms with Crippen molar-refractivity contribution in [1.82, 2.24) is 0 Å². The molecule has 23 heavy (non-hydrogen) atoms. The first-order valence-electron chi connectivity index (χ1n) is 4.54. The second-order valence-electron chi connectivity index (χ2n) is 3.89. The lowest BCUT2D eigenvalue weighted by Gasteiger charge is -2.53. The Labute approximate surface area is 206 Å². The molecule has 0 atom stereocenters. The highest BCUT2D eigenvalue weighted by atomic mass is 35.6. The van der Waals surface area contributed by atoms with E-state index in [-0.39, 0.29) is 0 Å². The maximum atomic E-state index is 11.8. The van der Waals surface area contributed by atoms with Crippen molar-refractivity contribution in [2.24, 2.45) is 0 Å². The maximum absolute atomic E-state index is 11.8. The number of hydrogen-bond donors (Lipinski definition) is 0. The Balaban J connectivity index is 6.65. The first kappa shape index (κ1) is 27.3. The number of halogens is 15. The third-order valence-corrected chi connectivity index (χ3v) is 10.8. The summed E-state index contributed by atoms with van der Waals surface area (Å²) in [5, 5.41) is 11.8. The van der Waals surface area contributed by atoms with Crippen molar-refractivity contribution in [3.8, 4) is 0 Å². The molecule has 0 saturated carbocycles. The fourth-order valence-corrected chi connectivity index (χ4v) is 6.42. The van der Waals surface area contributed by atoms with Crippen molar-refractivity contribution < 1.29 is 5.11 Å². The van der Waals surface area contributed by atoms with Crippen molar-refractivity contribution in [3.63, 3.8) is 0 Å². The molecule has 139 valence electrons. The molecule has 0 heterocycles. The van der Waals surface area contributed by atoms with Gasteiger partial charge in [0.1, 0.15) is 0 Å². The van der Waals surface area contributed by atoms with E-state index in [4.69, 9.17) is 174 Å². The van der Waals surface area contributed by atoms with Gasteiger partial charge in [0.15, 0.2) is 13.5 Å². The van der Waals surface area contributed by atoms with E-state index in [0.29, 0.717) is 0 Å². The molecular weight excluding hydrogens is 632 g/mol. The lowest BCUT2D eigenvalue weighted by molar-refractivity contribution is 0.0973. The van der Waals surface area contributed by atoms with E-state index in [1.807, 2.05) is 0 Å². The van der Waals surface area contributed by atoms with E-state index in [2.05, 4.69) is 0 Å². The van der Waals surface area contributed by atoms with E-state index < -0.39 is 30.0 Å². The summed E-state index contributed by atoms with van der Waals surface area (Å²) in [5.41, 5.74) is 0. The fourth-order valence-electron chi connectivity index (χ4n) is 1.11.